The maximum Gasteiger partial charge on any atom is 0.221 e. The molecule has 0 aliphatic rings. The Kier molecular flexibility index (Phi) is 4.38. The summed E-state index contributed by atoms with van der Waals surface area (Å²) < 4.78 is 0. The molecule has 62 valence electrons. The van der Waals surface area contributed by atoms with Crippen molar-refractivity contribution in [3.8, 4) is 0 Å². The first-order valence-electron chi connectivity index (χ1n) is 3.50. The van der Waals surface area contributed by atoms with Crippen LogP contribution >= 0.6 is 0 Å². The zero-order chi connectivity index (χ0) is 8.85. The lowest BCUT2D eigenvalue weighted by molar-refractivity contribution is -0.132. The molecule has 0 fully saturated rings. The van der Waals surface area contributed by atoms with Crippen LogP contribution in [0.4, 0.5) is 0 Å². The van der Waals surface area contributed by atoms with Crippen LogP contribution in [0.25, 0.3) is 0 Å². The molecule has 0 heterocycles. The van der Waals surface area contributed by atoms with Gasteiger partial charge in [0.1, 0.15) is 0 Å². The third-order valence-corrected chi connectivity index (χ3v) is 1.26. The number of allylic oxidation sites excluding steroid dienone is 1. The first-order valence-corrected chi connectivity index (χ1v) is 3.50. The number of hydrogen-bond acceptors (Lipinski definition) is 3. The van der Waals surface area contributed by atoms with E-state index in [1.54, 1.807) is 6.92 Å². The van der Waals surface area contributed by atoms with Gasteiger partial charge in [-0.1, -0.05) is 5.57 Å². The standard InChI is InChI=1S/C8H13NO2/c1-6(3-4-9)5-8(11)7(2)10/h5H,3-4,9H2,1-2H3/b6-5+. The molecule has 11 heavy (non-hydrogen) atoms. The van der Waals surface area contributed by atoms with E-state index in [1.165, 1.54) is 13.0 Å². The summed E-state index contributed by atoms with van der Waals surface area (Å²) >= 11 is 0. The molecule has 0 amide bonds. The van der Waals surface area contributed by atoms with E-state index in [4.69, 9.17) is 5.73 Å². The summed E-state index contributed by atoms with van der Waals surface area (Å²) in [6.45, 7) is 3.55. The van der Waals surface area contributed by atoms with Gasteiger partial charge in [-0.2, -0.15) is 0 Å². The molecule has 0 unspecified atom stereocenters. The minimum absolute atomic E-state index is 0.429. The molecule has 0 aliphatic carbocycles. The van der Waals surface area contributed by atoms with Gasteiger partial charge in [0.15, 0.2) is 5.78 Å². The number of carbonyl (C=O) groups excluding carboxylic acids is 2. The highest BCUT2D eigenvalue weighted by Crippen LogP contribution is 1.97. The van der Waals surface area contributed by atoms with Crippen molar-refractivity contribution in [1.82, 2.24) is 0 Å². The van der Waals surface area contributed by atoms with Crippen molar-refractivity contribution in [1.29, 1.82) is 0 Å². The van der Waals surface area contributed by atoms with E-state index in [-0.39, 0.29) is 0 Å². The largest absolute Gasteiger partial charge is 0.330 e. The zero-order valence-corrected chi connectivity index (χ0v) is 6.89. The van der Waals surface area contributed by atoms with Crippen LogP contribution in [-0.2, 0) is 9.59 Å². The molecule has 0 spiro atoms. The number of rotatable bonds is 4. The van der Waals surface area contributed by atoms with Gasteiger partial charge in [-0.05, 0) is 26.0 Å². The second-order valence-electron chi connectivity index (χ2n) is 2.45. The molecule has 0 aromatic rings. The van der Waals surface area contributed by atoms with Gasteiger partial charge in [-0.15, -0.1) is 0 Å². The molecule has 0 saturated carbocycles. The fraction of sp³-hybridized carbons (Fsp3) is 0.500. The predicted octanol–water partition coefficient (Wildman–Crippen LogP) is 0.440. The van der Waals surface area contributed by atoms with E-state index < -0.39 is 11.6 Å². The zero-order valence-electron chi connectivity index (χ0n) is 6.89. The quantitative estimate of drug-likeness (QED) is 0.473. The molecule has 2 N–H and O–H groups in total. The van der Waals surface area contributed by atoms with E-state index in [2.05, 4.69) is 0 Å². The Morgan fingerprint density at radius 1 is 1.36 bits per heavy atom. The molecule has 0 aliphatic heterocycles. The lowest BCUT2D eigenvalue weighted by Crippen LogP contribution is -2.07. The Bertz CT molecular complexity index is 194. The van der Waals surface area contributed by atoms with Gasteiger partial charge < -0.3 is 5.73 Å². The summed E-state index contributed by atoms with van der Waals surface area (Å²) in [5, 5.41) is 0. The Morgan fingerprint density at radius 3 is 2.27 bits per heavy atom. The summed E-state index contributed by atoms with van der Waals surface area (Å²) in [7, 11) is 0. The second-order valence-corrected chi connectivity index (χ2v) is 2.45. The van der Waals surface area contributed by atoms with Gasteiger partial charge in [0.05, 0.1) is 0 Å². The smallest absolute Gasteiger partial charge is 0.221 e. The third kappa shape index (κ3) is 4.44. The predicted molar refractivity (Wildman–Crippen MR) is 43.1 cm³/mol. The van der Waals surface area contributed by atoms with Gasteiger partial charge >= 0.3 is 0 Å². The minimum atomic E-state index is -0.448. The lowest BCUT2D eigenvalue weighted by Gasteiger charge is -1.94. The fourth-order valence-electron chi connectivity index (χ4n) is 0.625. The molecule has 0 rings (SSSR count). The first-order chi connectivity index (χ1) is 5.07. The fourth-order valence-corrected chi connectivity index (χ4v) is 0.625. The van der Waals surface area contributed by atoms with Crippen LogP contribution in [0.15, 0.2) is 11.6 Å². The van der Waals surface area contributed by atoms with Crippen LogP contribution in [0.5, 0.6) is 0 Å². The Hall–Kier alpha value is -0.960. The molecule has 3 nitrogen and oxygen atoms in total. The maximum atomic E-state index is 10.8. The van der Waals surface area contributed by atoms with Crippen molar-refractivity contribution in [2.75, 3.05) is 6.54 Å². The topological polar surface area (TPSA) is 60.2 Å². The first kappa shape index (κ1) is 10.0. The number of hydrogen-bond donors (Lipinski definition) is 1. The van der Waals surface area contributed by atoms with Crippen LogP contribution < -0.4 is 5.73 Å². The van der Waals surface area contributed by atoms with Gasteiger partial charge in [-0.3, -0.25) is 9.59 Å². The summed E-state index contributed by atoms with van der Waals surface area (Å²) in [4.78, 5) is 21.2. The van der Waals surface area contributed by atoms with E-state index in [0.717, 1.165) is 5.57 Å². The van der Waals surface area contributed by atoms with E-state index in [9.17, 15) is 9.59 Å². The van der Waals surface area contributed by atoms with Gasteiger partial charge in [0, 0.05) is 6.92 Å². The Morgan fingerprint density at radius 2 is 1.91 bits per heavy atom. The van der Waals surface area contributed by atoms with E-state index in [1.807, 2.05) is 0 Å². The second kappa shape index (κ2) is 4.79. The van der Waals surface area contributed by atoms with Crippen molar-refractivity contribution in [2.24, 2.45) is 5.73 Å². The third-order valence-electron chi connectivity index (χ3n) is 1.26. The molecular weight excluding hydrogens is 142 g/mol. The molecule has 0 radical (unpaired) electrons. The molecule has 0 atom stereocenters. The molecule has 0 aromatic heterocycles. The Labute approximate surface area is 66.3 Å². The van der Waals surface area contributed by atoms with Gasteiger partial charge in [0.2, 0.25) is 5.78 Å². The maximum absolute atomic E-state index is 10.8. The highest BCUT2D eigenvalue weighted by Gasteiger charge is 2.02. The summed E-state index contributed by atoms with van der Waals surface area (Å²) in [5.41, 5.74) is 6.10. The molecule has 0 aromatic carbocycles. The SMILES string of the molecule is CC(=O)C(=O)/C=C(\C)CCN. The average Bonchev–Trinajstić information content (AvgIpc) is 1.87. The minimum Gasteiger partial charge on any atom is -0.330 e. The van der Waals surface area contributed by atoms with Crippen LogP contribution in [0, 0.1) is 0 Å². The van der Waals surface area contributed by atoms with Gasteiger partial charge in [-0.25, -0.2) is 0 Å². The van der Waals surface area contributed by atoms with Crippen molar-refractivity contribution in [3.63, 3.8) is 0 Å². The van der Waals surface area contributed by atoms with Crippen LogP contribution in [-0.4, -0.2) is 18.1 Å². The summed E-state index contributed by atoms with van der Waals surface area (Å²) in [6.07, 6.45) is 2.01. The van der Waals surface area contributed by atoms with Crippen LogP contribution in [0.3, 0.4) is 0 Å². The van der Waals surface area contributed by atoms with Crippen molar-refractivity contribution in [2.45, 2.75) is 20.3 Å². The van der Waals surface area contributed by atoms with Crippen LogP contribution in [0.1, 0.15) is 20.3 Å². The molecule has 0 saturated heterocycles. The normalized spacial score (nSPS) is 11.4. The lowest BCUT2D eigenvalue weighted by atomic mass is 10.1. The Balaban J connectivity index is 4.08. The molecule has 0 bridgehead atoms. The van der Waals surface area contributed by atoms with E-state index in [0.29, 0.717) is 13.0 Å². The average molecular weight is 155 g/mol. The van der Waals surface area contributed by atoms with Crippen LogP contribution in [0.2, 0.25) is 0 Å². The number of Topliss-reactive ketones (excluding diaryl/α,β-unsaturated/α-hetero) is 1. The number of nitrogens with two attached hydrogens (primary N) is 1. The number of carbonyl (C=O) groups is 2. The molecular formula is C8H13NO2. The van der Waals surface area contributed by atoms with Crippen molar-refractivity contribution >= 4 is 11.6 Å². The highest BCUT2D eigenvalue weighted by molar-refractivity contribution is 6.40. The van der Waals surface area contributed by atoms with Crippen molar-refractivity contribution in [3.05, 3.63) is 11.6 Å². The summed E-state index contributed by atoms with van der Waals surface area (Å²) in [6, 6.07) is 0. The van der Waals surface area contributed by atoms with Gasteiger partial charge in [0.25, 0.3) is 0 Å². The number of ketones is 2. The highest BCUT2D eigenvalue weighted by atomic mass is 16.2. The van der Waals surface area contributed by atoms with Crippen molar-refractivity contribution < 1.29 is 9.59 Å². The monoisotopic (exact) mass is 155 g/mol. The van der Waals surface area contributed by atoms with E-state index >= 15 is 0 Å². The summed E-state index contributed by atoms with van der Waals surface area (Å²) in [5.74, 6) is -0.877. The molecule has 3 heteroatoms.